The number of rotatable bonds is 5. The summed E-state index contributed by atoms with van der Waals surface area (Å²) in [6.07, 6.45) is 12.5. The quantitative estimate of drug-likeness (QED) is 0.149. The second-order valence-corrected chi connectivity index (χ2v) is 19.8. The first kappa shape index (κ1) is 53.3. The molecular weight excluding hydrogens is 819 g/mol. The van der Waals surface area contributed by atoms with Crippen molar-refractivity contribution in [2.75, 3.05) is 20.8 Å². The zero-order valence-electron chi connectivity index (χ0n) is 40.2. The first-order valence-electron chi connectivity index (χ1n) is 23.9. The Morgan fingerprint density at radius 3 is 2.25 bits per heavy atom. The third-order valence-corrected chi connectivity index (χ3v) is 14.6. The van der Waals surface area contributed by atoms with Crippen LogP contribution in [0.2, 0.25) is 0 Å². The van der Waals surface area contributed by atoms with Gasteiger partial charge in [0.1, 0.15) is 30.1 Å². The number of carbonyl (C=O) groups is 5. The van der Waals surface area contributed by atoms with Crippen molar-refractivity contribution in [1.82, 2.24) is 4.90 Å². The van der Waals surface area contributed by atoms with Gasteiger partial charge in [0.15, 0.2) is 5.78 Å². The number of amides is 1. The van der Waals surface area contributed by atoms with Crippen molar-refractivity contribution in [1.29, 1.82) is 0 Å². The van der Waals surface area contributed by atoms with E-state index < -0.39 is 77.8 Å². The number of ketones is 3. The molecule has 0 aromatic carbocycles. The van der Waals surface area contributed by atoms with E-state index in [0.29, 0.717) is 63.4 Å². The predicted molar refractivity (Wildman–Crippen MR) is 244 cm³/mol. The zero-order valence-corrected chi connectivity index (χ0v) is 40.2. The number of hydrogen-bond acceptors (Lipinski definition) is 12. The van der Waals surface area contributed by atoms with E-state index in [0.717, 1.165) is 12.0 Å². The van der Waals surface area contributed by atoms with Gasteiger partial charge in [-0.1, -0.05) is 83.6 Å². The maximum atomic E-state index is 14.3. The minimum Gasteiger partial charge on any atom is -0.460 e. The van der Waals surface area contributed by atoms with Gasteiger partial charge in [-0.3, -0.25) is 19.2 Å². The predicted octanol–water partition coefficient (Wildman–Crippen LogP) is 6.80. The molecule has 4 rings (SSSR count). The Kier molecular flexibility index (Phi) is 20.4. The lowest BCUT2D eigenvalue weighted by Gasteiger charge is -2.42. The van der Waals surface area contributed by atoms with E-state index >= 15 is 0 Å². The number of cyclic esters (lactones) is 1. The first-order valence-corrected chi connectivity index (χ1v) is 23.9. The molecule has 13 nitrogen and oxygen atoms in total. The van der Waals surface area contributed by atoms with Gasteiger partial charge >= 0.3 is 5.97 Å². The summed E-state index contributed by atoms with van der Waals surface area (Å²) in [6, 6.07) is -1.12. The molecule has 3 aliphatic heterocycles. The molecule has 2 saturated heterocycles. The number of Topliss-reactive ketones (excluding diaryl/α,β-unsaturated/α-hetero) is 3. The number of allylic oxidation sites excluding steroid dienone is 7. The topological polar surface area (TPSA) is 186 Å². The molecule has 15 atom stereocenters. The molecule has 1 amide bonds. The Labute approximate surface area is 382 Å². The Bertz CT molecular complexity index is 1740. The molecule has 1 saturated carbocycles. The molecule has 0 spiro atoms. The molecule has 2 bridgehead atoms. The number of ether oxygens (including phenoxy) is 4. The lowest BCUT2D eigenvalue weighted by atomic mass is 9.78. The van der Waals surface area contributed by atoms with Crippen molar-refractivity contribution in [3.8, 4) is 0 Å². The Balaban J connectivity index is 1.69. The van der Waals surface area contributed by atoms with Crippen molar-refractivity contribution < 1.29 is 58.2 Å². The third kappa shape index (κ3) is 13.9. The average molecular weight is 898 g/mol. The molecule has 13 heteroatoms. The smallest absolute Gasteiger partial charge is 0.329 e. The molecule has 0 aromatic heterocycles. The summed E-state index contributed by atoms with van der Waals surface area (Å²) >= 11 is 0. The Morgan fingerprint density at radius 2 is 1.56 bits per heavy atom. The lowest BCUT2D eigenvalue weighted by molar-refractivity contribution is -0.264. The summed E-state index contributed by atoms with van der Waals surface area (Å²) in [4.78, 5) is 71.7. The standard InChI is InChI=1S/C51H79NO12/c1-30-16-12-11-13-17-31(2)32(3)27-39-21-19-37(8)51(60,64-39)48(57)49(58)52-23-15-14-18-40(52)50(59)63-43(34(5)26-38-20-22-41(53)44(28-38)61-9)29-42(54)33(4)25-36(7)46(56)47(62-10)45(55)35(6)24-30/h11-13,16-17,25,30,32-35,37-41,43-44,46-47,53,56,60H,14-15,18-24,26-29H2,1-10H3/b13-11+,16-12+,31-17+,36-25+/t30-,32?,33-,34-,35-,37-,38+,39+,40+,41-,43+,44-,46+,47+,51-/m1/s1. The number of fused-ring (bicyclic) bond motifs is 3. The molecule has 64 heavy (non-hydrogen) atoms. The molecule has 3 N–H and O–H groups in total. The zero-order chi connectivity index (χ0) is 47.5. The van der Waals surface area contributed by atoms with E-state index in [4.69, 9.17) is 18.9 Å². The van der Waals surface area contributed by atoms with E-state index in [1.165, 1.54) is 12.0 Å². The lowest BCUT2D eigenvalue weighted by Crippen LogP contribution is -2.60. The van der Waals surface area contributed by atoms with Crippen LogP contribution in [0, 0.1) is 41.4 Å². The van der Waals surface area contributed by atoms with Crippen LogP contribution >= 0.6 is 0 Å². The third-order valence-electron chi connectivity index (χ3n) is 14.6. The van der Waals surface area contributed by atoms with Crippen LogP contribution in [-0.4, -0.2) is 119 Å². The highest BCUT2D eigenvalue weighted by molar-refractivity contribution is 6.39. The fourth-order valence-electron chi connectivity index (χ4n) is 10.0. The van der Waals surface area contributed by atoms with Gasteiger partial charge in [-0.15, -0.1) is 0 Å². The van der Waals surface area contributed by atoms with Crippen LogP contribution in [0.4, 0.5) is 0 Å². The van der Waals surface area contributed by atoms with E-state index in [1.54, 1.807) is 34.0 Å². The molecule has 3 heterocycles. The van der Waals surface area contributed by atoms with Gasteiger partial charge in [0.2, 0.25) is 5.79 Å². The summed E-state index contributed by atoms with van der Waals surface area (Å²) < 4.78 is 23.6. The number of nitrogens with zero attached hydrogens (tertiary/aromatic N) is 1. The number of esters is 1. The summed E-state index contributed by atoms with van der Waals surface area (Å²) in [5.74, 6) is -7.66. The van der Waals surface area contributed by atoms with Gasteiger partial charge in [-0.05, 0) is 114 Å². The SMILES string of the molecule is CO[C@@H]1C[C@H](C[C@@H](C)[C@@H]2CC(=O)[C@H](C)/C=C(\C)[C@H](O)[C@@H](OC)C(=O)[C@H](C)C[C@H](C)/C=C/C=C/C=C(\C)C(C)C[C@@H]3CC[C@@H](C)[C@@](O)(O3)C(=O)C(=O)N3CCCC[C@H]3C(=O)O2)CC[C@H]1O. The minimum atomic E-state index is -2.37. The van der Waals surface area contributed by atoms with Gasteiger partial charge in [0.25, 0.3) is 11.7 Å². The van der Waals surface area contributed by atoms with Gasteiger partial charge in [-0.2, -0.15) is 0 Å². The van der Waals surface area contributed by atoms with Crippen molar-refractivity contribution in [3.63, 3.8) is 0 Å². The van der Waals surface area contributed by atoms with Crippen molar-refractivity contribution in [2.45, 2.75) is 181 Å². The number of aliphatic hydroxyl groups excluding tert-OH is 2. The Morgan fingerprint density at radius 1 is 0.844 bits per heavy atom. The second-order valence-electron chi connectivity index (χ2n) is 19.8. The van der Waals surface area contributed by atoms with Gasteiger partial charge in [0.05, 0.1) is 18.3 Å². The van der Waals surface area contributed by atoms with E-state index in [9.17, 15) is 39.3 Å². The van der Waals surface area contributed by atoms with E-state index in [-0.39, 0.29) is 60.7 Å². The van der Waals surface area contributed by atoms with Crippen LogP contribution in [-0.2, 0) is 42.9 Å². The van der Waals surface area contributed by atoms with Crippen LogP contribution in [0.3, 0.4) is 0 Å². The minimum absolute atomic E-state index is 0.0315. The molecular formula is C51H79NO12. The summed E-state index contributed by atoms with van der Waals surface area (Å²) in [5, 5.41) is 33.8. The number of hydrogen-bond donors (Lipinski definition) is 3. The van der Waals surface area contributed by atoms with Crippen molar-refractivity contribution in [3.05, 3.63) is 47.6 Å². The fraction of sp³-hybridized carbons (Fsp3) is 0.745. The number of methoxy groups -OCH3 is 2. The average Bonchev–Trinajstić information content (AvgIpc) is 3.26. The van der Waals surface area contributed by atoms with E-state index in [2.05, 4.69) is 0 Å². The highest BCUT2D eigenvalue weighted by atomic mass is 16.6. The number of carbonyl (C=O) groups excluding carboxylic acids is 5. The molecule has 360 valence electrons. The normalized spacial score (nSPS) is 40.9. The fourth-order valence-corrected chi connectivity index (χ4v) is 10.0. The van der Waals surface area contributed by atoms with Gasteiger partial charge in [-0.25, -0.2) is 4.79 Å². The second kappa shape index (κ2) is 24.4. The van der Waals surface area contributed by atoms with Crippen LogP contribution < -0.4 is 0 Å². The first-order chi connectivity index (χ1) is 30.2. The molecule has 1 unspecified atom stereocenters. The van der Waals surface area contributed by atoms with Crippen molar-refractivity contribution >= 4 is 29.2 Å². The molecule has 0 radical (unpaired) electrons. The molecule has 3 fully saturated rings. The van der Waals surface area contributed by atoms with Gasteiger partial charge in [0, 0.05) is 44.9 Å². The highest BCUT2D eigenvalue weighted by Gasteiger charge is 2.53. The monoisotopic (exact) mass is 898 g/mol. The van der Waals surface area contributed by atoms with Crippen LogP contribution in [0.5, 0.6) is 0 Å². The molecule has 1 aliphatic carbocycles. The highest BCUT2D eigenvalue weighted by Crippen LogP contribution is 2.38. The maximum absolute atomic E-state index is 14.3. The van der Waals surface area contributed by atoms with Gasteiger partial charge < -0.3 is 39.2 Å². The maximum Gasteiger partial charge on any atom is 0.329 e. The van der Waals surface area contributed by atoms with Crippen LogP contribution in [0.25, 0.3) is 0 Å². The van der Waals surface area contributed by atoms with Crippen LogP contribution in [0.15, 0.2) is 47.6 Å². The number of piperidine rings is 1. The molecule has 0 aromatic rings. The van der Waals surface area contributed by atoms with Crippen LogP contribution in [0.1, 0.15) is 132 Å². The Hall–Kier alpha value is -3.33. The van der Waals surface area contributed by atoms with Crippen molar-refractivity contribution in [2.24, 2.45) is 41.4 Å². The van der Waals surface area contributed by atoms with E-state index in [1.807, 2.05) is 65.0 Å². The largest absolute Gasteiger partial charge is 0.460 e. The number of aliphatic hydroxyl groups is 3. The summed E-state index contributed by atoms with van der Waals surface area (Å²) in [5.41, 5.74) is 1.46. The summed E-state index contributed by atoms with van der Waals surface area (Å²) in [6.45, 7) is 15.0. The summed E-state index contributed by atoms with van der Waals surface area (Å²) in [7, 11) is 2.95. The molecule has 4 aliphatic rings.